The molecule has 0 saturated carbocycles. The number of nitrogens with one attached hydrogen (secondary N) is 2. The molecule has 0 atom stereocenters. The minimum Gasteiger partial charge on any atom is -0.382 e. The Morgan fingerprint density at radius 1 is 1.18 bits per heavy atom. The molecule has 2 N–H and O–H groups in total. The van der Waals surface area contributed by atoms with Crippen molar-refractivity contribution in [1.82, 2.24) is 9.88 Å². The number of anilines is 1. The fourth-order valence-corrected chi connectivity index (χ4v) is 3.08. The molecule has 1 fully saturated rings. The third-order valence-corrected chi connectivity index (χ3v) is 4.25. The van der Waals surface area contributed by atoms with Crippen molar-refractivity contribution in [1.29, 1.82) is 0 Å². The van der Waals surface area contributed by atoms with Gasteiger partial charge >= 0.3 is 0 Å². The summed E-state index contributed by atoms with van der Waals surface area (Å²) in [6.07, 6.45) is 4.47. The molecule has 0 aliphatic carbocycles. The van der Waals surface area contributed by atoms with Crippen LogP contribution in [0.15, 0.2) is 29.1 Å². The Kier molecular flexibility index (Phi) is 4.53. The second kappa shape index (κ2) is 6.75. The van der Waals surface area contributed by atoms with Crippen molar-refractivity contribution in [2.24, 2.45) is 0 Å². The summed E-state index contributed by atoms with van der Waals surface area (Å²) in [6.45, 7) is 3.93. The first-order chi connectivity index (χ1) is 10.8. The summed E-state index contributed by atoms with van der Waals surface area (Å²) in [6, 6.07) is 7.55. The zero-order valence-corrected chi connectivity index (χ0v) is 12.6. The largest absolute Gasteiger partial charge is 0.382 e. The molecule has 2 heterocycles. The number of H-pyrrole nitrogens is 1. The van der Waals surface area contributed by atoms with Gasteiger partial charge in [0.05, 0.1) is 11.2 Å². The van der Waals surface area contributed by atoms with Crippen LogP contribution in [0, 0.1) is 0 Å². The van der Waals surface area contributed by atoms with E-state index in [9.17, 15) is 9.59 Å². The molecule has 0 bridgehead atoms. The Morgan fingerprint density at radius 3 is 2.73 bits per heavy atom. The van der Waals surface area contributed by atoms with Crippen LogP contribution in [-0.2, 0) is 0 Å². The number of pyridine rings is 1. The lowest BCUT2D eigenvalue weighted by molar-refractivity contribution is 0.112. The number of aromatic nitrogens is 1. The maximum atomic E-state index is 12.0. The predicted molar refractivity (Wildman–Crippen MR) is 88.7 cm³/mol. The van der Waals surface area contributed by atoms with E-state index >= 15 is 0 Å². The number of likely N-dealkylation sites (tertiary alicyclic amines) is 1. The van der Waals surface area contributed by atoms with Gasteiger partial charge in [-0.1, -0.05) is 24.6 Å². The first-order valence-corrected chi connectivity index (χ1v) is 7.86. The van der Waals surface area contributed by atoms with Crippen LogP contribution < -0.4 is 10.9 Å². The summed E-state index contributed by atoms with van der Waals surface area (Å²) in [5, 5.41) is 4.18. The molecule has 1 aliphatic heterocycles. The summed E-state index contributed by atoms with van der Waals surface area (Å²) in [4.78, 5) is 28.5. The zero-order chi connectivity index (χ0) is 15.4. The van der Waals surface area contributed by atoms with Crippen LogP contribution in [-0.4, -0.2) is 42.3 Å². The lowest BCUT2D eigenvalue weighted by Gasteiger charge is -2.26. The number of rotatable bonds is 5. The average molecular weight is 299 g/mol. The van der Waals surface area contributed by atoms with Crippen molar-refractivity contribution in [3.05, 3.63) is 40.2 Å². The van der Waals surface area contributed by atoms with Crippen LogP contribution in [0.25, 0.3) is 10.9 Å². The summed E-state index contributed by atoms with van der Waals surface area (Å²) in [5.74, 6) is 0. The Balaban J connectivity index is 1.82. The number of carbonyl (C=O) groups excluding carboxylic acids is 1. The predicted octanol–water partition coefficient (Wildman–Crippen LogP) is 2.24. The van der Waals surface area contributed by atoms with Gasteiger partial charge in [0.25, 0.3) is 5.56 Å². The van der Waals surface area contributed by atoms with Gasteiger partial charge in [0.15, 0.2) is 6.29 Å². The lowest BCUT2D eigenvalue weighted by atomic mass is 10.1. The van der Waals surface area contributed by atoms with E-state index in [1.807, 2.05) is 24.3 Å². The van der Waals surface area contributed by atoms with E-state index in [1.54, 1.807) is 0 Å². The minimum absolute atomic E-state index is 0.178. The standard InChI is InChI=1S/C17H21N3O2/c21-12-14-16(18-8-11-20-9-4-1-5-10-20)13-6-2-3-7-15(13)19-17(14)22/h2-3,6-7,12H,1,4-5,8-11H2,(H2,18,19,22). The maximum absolute atomic E-state index is 12.0. The van der Waals surface area contributed by atoms with Crippen LogP contribution in [0.1, 0.15) is 29.6 Å². The van der Waals surface area contributed by atoms with Crippen molar-refractivity contribution in [2.75, 3.05) is 31.5 Å². The van der Waals surface area contributed by atoms with E-state index in [4.69, 9.17) is 0 Å². The fraction of sp³-hybridized carbons (Fsp3) is 0.412. The number of aldehydes is 1. The number of hydrogen-bond acceptors (Lipinski definition) is 4. The first-order valence-electron chi connectivity index (χ1n) is 7.86. The molecule has 1 saturated heterocycles. The Bertz CT molecular complexity index is 717. The van der Waals surface area contributed by atoms with Gasteiger partial charge in [-0.15, -0.1) is 0 Å². The lowest BCUT2D eigenvalue weighted by Crippen LogP contribution is -2.34. The number of carbonyl (C=O) groups is 1. The van der Waals surface area contributed by atoms with Crippen LogP contribution >= 0.6 is 0 Å². The Morgan fingerprint density at radius 2 is 1.95 bits per heavy atom. The highest BCUT2D eigenvalue weighted by molar-refractivity contribution is 5.99. The highest BCUT2D eigenvalue weighted by atomic mass is 16.1. The topological polar surface area (TPSA) is 65.2 Å². The molecule has 0 spiro atoms. The molecule has 0 radical (unpaired) electrons. The smallest absolute Gasteiger partial charge is 0.261 e. The number of piperidine rings is 1. The van der Waals surface area contributed by atoms with E-state index in [1.165, 1.54) is 19.3 Å². The van der Waals surface area contributed by atoms with Crippen molar-refractivity contribution in [3.63, 3.8) is 0 Å². The summed E-state index contributed by atoms with van der Waals surface area (Å²) in [7, 11) is 0. The second-order valence-electron chi connectivity index (χ2n) is 5.74. The van der Waals surface area contributed by atoms with E-state index in [0.29, 0.717) is 12.0 Å². The van der Waals surface area contributed by atoms with Gasteiger partial charge < -0.3 is 15.2 Å². The molecular formula is C17H21N3O2. The number of nitrogens with zero attached hydrogens (tertiary/aromatic N) is 1. The van der Waals surface area contributed by atoms with Crippen molar-refractivity contribution in [2.45, 2.75) is 19.3 Å². The zero-order valence-electron chi connectivity index (χ0n) is 12.6. The molecule has 0 unspecified atom stereocenters. The number of para-hydroxylation sites is 1. The van der Waals surface area contributed by atoms with Gasteiger partial charge in [-0.3, -0.25) is 9.59 Å². The van der Waals surface area contributed by atoms with Crippen LogP contribution in [0.5, 0.6) is 0 Å². The van der Waals surface area contributed by atoms with Gasteiger partial charge in [0.2, 0.25) is 0 Å². The highest BCUT2D eigenvalue weighted by Crippen LogP contribution is 2.22. The Labute approximate surface area is 129 Å². The molecule has 116 valence electrons. The van der Waals surface area contributed by atoms with Crippen molar-refractivity contribution < 1.29 is 4.79 Å². The first kappa shape index (κ1) is 14.8. The maximum Gasteiger partial charge on any atom is 0.261 e. The normalized spacial score (nSPS) is 15.8. The third kappa shape index (κ3) is 3.04. The summed E-state index contributed by atoms with van der Waals surface area (Å²) < 4.78 is 0. The molecule has 5 heteroatoms. The highest BCUT2D eigenvalue weighted by Gasteiger charge is 2.13. The number of benzene rings is 1. The fourth-order valence-electron chi connectivity index (χ4n) is 3.08. The van der Waals surface area contributed by atoms with Crippen molar-refractivity contribution in [3.8, 4) is 0 Å². The van der Waals surface area contributed by atoms with Gasteiger partial charge in [-0.2, -0.15) is 0 Å². The SMILES string of the molecule is O=Cc1c(NCCN2CCCCC2)c2ccccc2[nH]c1=O. The molecular weight excluding hydrogens is 278 g/mol. The van der Waals surface area contributed by atoms with Gasteiger partial charge in [0, 0.05) is 18.5 Å². The van der Waals surface area contributed by atoms with Crippen LogP contribution in [0.4, 0.5) is 5.69 Å². The number of hydrogen-bond donors (Lipinski definition) is 2. The molecule has 5 nitrogen and oxygen atoms in total. The molecule has 22 heavy (non-hydrogen) atoms. The number of aromatic amines is 1. The monoisotopic (exact) mass is 299 g/mol. The minimum atomic E-state index is -0.339. The third-order valence-electron chi connectivity index (χ3n) is 4.25. The van der Waals surface area contributed by atoms with E-state index in [-0.39, 0.29) is 11.1 Å². The summed E-state index contributed by atoms with van der Waals surface area (Å²) >= 11 is 0. The van der Waals surface area contributed by atoms with Crippen LogP contribution in [0.2, 0.25) is 0 Å². The average Bonchev–Trinajstić information content (AvgIpc) is 2.55. The molecule has 1 aromatic carbocycles. The molecule has 0 amide bonds. The van der Waals surface area contributed by atoms with Crippen molar-refractivity contribution >= 4 is 22.9 Å². The van der Waals surface area contributed by atoms with E-state index < -0.39 is 0 Å². The second-order valence-corrected chi connectivity index (χ2v) is 5.74. The summed E-state index contributed by atoms with van der Waals surface area (Å²) in [5.41, 5.74) is 1.23. The molecule has 3 rings (SSSR count). The van der Waals surface area contributed by atoms with Gasteiger partial charge in [-0.25, -0.2) is 0 Å². The molecule has 1 aliphatic rings. The Hall–Kier alpha value is -2.14. The molecule has 1 aromatic heterocycles. The van der Waals surface area contributed by atoms with Gasteiger partial charge in [-0.05, 0) is 32.0 Å². The molecule has 2 aromatic rings. The van der Waals surface area contributed by atoms with E-state index in [0.717, 1.165) is 37.1 Å². The van der Waals surface area contributed by atoms with E-state index in [2.05, 4.69) is 15.2 Å². The quantitative estimate of drug-likeness (QED) is 0.831. The van der Waals surface area contributed by atoms with Crippen LogP contribution in [0.3, 0.4) is 0 Å². The van der Waals surface area contributed by atoms with Gasteiger partial charge in [0.1, 0.15) is 5.56 Å². The number of fused-ring (bicyclic) bond motifs is 1.